The molecule has 0 heterocycles. The van der Waals surface area contributed by atoms with Gasteiger partial charge in [0, 0.05) is 6.04 Å². The molecule has 5 heteroatoms. The van der Waals surface area contributed by atoms with Gasteiger partial charge in [0.15, 0.2) is 0 Å². The highest BCUT2D eigenvalue weighted by Gasteiger charge is 2.27. The molecule has 0 aromatic heterocycles. The number of aryl methyl sites for hydroxylation is 1. The fourth-order valence-electron chi connectivity index (χ4n) is 1.63. The van der Waals surface area contributed by atoms with E-state index in [2.05, 4.69) is 5.32 Å². The smallest absolute Gasteiger partial charge is 0.238 e. The molecule has 0 aliphatic heterocycles. The summed E-state index contributed by atoms with van der Waals surface area (Å²) in [5, 5.41) is 3.11. The van der Waals surface area contributed by atoms with Crippen LogP contribution in [0.15, 0.2) is 18.2 Å². The van der Waals surface area contributed by atoms with Gasteiger partial charge >= 0.3 is 0 Å². The normalized spacial score (nSPS) is 16.3. The summed E-state index contributed by atoms with van der Waals surface area (Å²) in [6.07, 6.45) is 2.14. The zero-order chi connectivity index (χ0) is 13.1. The minimum absolute atomic E-state index is 0.164. The van der Waals surface area contributed by atoms with E-state index in [0.717, 1.165) is 12.8 Å². The molecule has 0 bridgehead atoms. The molecular weight excluding hydrogens is 235 g/mol. The van der Waals surface area contributed by atoms with Crippen LogP contribution in [-0.4, -0.2) is 24.6 Å². The lowest BCUT2D eigenvalue weighted by molar-refractivity contribution is -0.120. The predicted molar refractivity (Wildman–Crippen MR) is 65.8 cm³/mol. The van der Waals surface area contributed by atoms with Crippen LogP contribution in [0.5, 0.6) is 5.75 Å². The van der Waals surface area contributed by atoms with E-state index in [1.807, 2.05) is 0 Å². The molecule has 1 aromatic rings. The molecule has 0 spiro atoms. The summed E-state index contributed by atoms with van der Waals surface area (Å²) in [5.41, 5.74) is 5.80. The zero-order valence-corrected chi connectivity index (χ0v) is 10.3. The number of rotatable bonds is 6. The SMILES string of the molecule is Cc1cc(OCC(NC2CC2)C(N)=O)ccc1F. The van der Waals surface area contributed by atoms with E-state index in [9.17, 15) is 9.18 Å². The molecule has 1 unspecified atom stereocenters. The van der Waals surface area contributed by atoms with Crippen molar-refractivity contribution in [2.75, 3.05) is 6.61 Å². The summed E-state index contributed by atoms with van der Waals surface area (Å²) in [6.45, 7) is 1.83. The lowest BCUT2D eigenvalue weighted by Crippen LogP contribution is -2.46. The van der Waals surface area contributed by atoms with Gasteiger partial charge in [0.1, 0.15) is 24.2 Å². The first-order valence-electron chi connectivity index (χ1n) is 6.00. The first-order valence-corrected chi connectivity index (χ1v) is 6.00. The summed E-state index contributed by atoms with van der Waals surface area (Å²) in [7, 11) is 0. The van der Waals surface area contributed by atoms with Crippen LogP contribution in [0.4, 0.5) is 4.39 Å². The molecule has 2 rings (SSSR count). The van der Waals surface area contributed by atoms with Crippen LogP contribution in [-0.2, 0) is 4.79 Å². The molecule has 1 saturated carbocycles. The molecule has 98 valence electrons. The number of ether oxygens (including phenoxy) is 1. The van der Waals surface area contributed by atoms with Gasteiger partial charge in [0.2, 0.25) is 5.91 Å². The van der Waals surface area contributed by atoms with Crippen molar-refractivity contribution in [1.29, 1.82) is 0 Å². The summed E-state index contributed by atoms with van der Waals surface area (Å²) in [6, 6.07) is 4.37. The average molecular weight is 252 g/mol. The molecule has 0 saturated heterocycles. The minimum atomic E-state index is -0.497. The van der Waals surface area contributed by atoms with Crippen molar-refractivity contribution in [1.82, 2.24) is 5.32 Å². The standard InChI is InChI=1S/C13H17FN2O2/c1-8-6-10(4-5-11(8)14)18-7-12(13(15)17)16-9-2-3-9/h4-6,9,12,16H,2-3,7H2,1H3,(H2,15,17). The van der Waals surface area contributed by atoms with Crippen molar-refractivity contribution in [3.05, 3.63) is 29.6 Å². The van der Waals surface area contributed by atoms with Gasteiger partial charge in [-0.05, 0) is 43.5 Å². The molecule has 3 N–H and O–H groups in total. The molecule has 1 atom stereocenters. The summed E-state index contributed by atoms with van der Waals surface area (Å²) < 4.78 is 18.5. The number of amides is 1. The number of hydrogen-bond donors (Lipinski definition) is 2. The van der Waals surface area contributed by atoms with Crippen LogP contribution < -0.4 is 15.8 Å². The Bertz CT molecular complexity index is 447. The van der Waals surface area contributed by atoms with Gasteiger partial charge in [-0.3, -0.25) is 4.79 Å². The number of nitrogens with one attached hydrogen (secondary N) is 1. The molecule has 18 heavy (non-hydrogen) atoms. The minimum Gasteiger partial charge on any atom is -0.491 e. The molecule has 1 aliphatic carbocycles. The van der Waals surface area contributed by atoms with Crippen LogP contribution in [0.1, 0.15) is 18.4 Å². The first-order chi connectivity index (χ1) is 8.56. The van der Waals surface area contributed by atoms with E-state index < -0.39 is 11.9 Å². The van der Waals surface area contributed by atoms with Crippen molar-refractivity contribution in [2.45, 2.75) is 31.8 Å². The number of carbonyl (C=O) groups excluding carboxylic acids is 1. The van der Waals surface area contributed by atoms with E-state index >= 15 is 0 Å². The molecule has 1 aromatic carbocycles. The van der Waals surface area contributed by atoms with E-state index in [4.69, 9.17) is 10.5 Å². The average Bonchev–Trinajstić information content (AvgIpc) is 3.12. The van der Waals surface area contributed by atoms with Crippen molar-refractivity contribution in [3.8, 4) is 5.75 Å². The molecule has 1 fully saturated rings. The summed E-state index contributed by atoms with van der Waals surface area (Å²) in [5.74, 6) is -0.164. The van der Waals surface area contributed by atoms with Crippen LogP contribution >= 0.6 is 0 Å². The van der Waals surface area contributed by atoms with Gasteiger partial charge in [0.05, 0.1) is 0 Å². The van der Waals surface area contributed by atoms with Gasteiger partial charge in [-0.15, -0.1) is 0 Å². The third-order valence-electron chi connectivity index (χ3n) is 2.90. The first kappa shape index (κ1) is 12.8. The van der Waals surface area contributed by atoms with Gasteiger partial charge in [-0.2, -0.15) is 0 Å². The topological polar surface area (TPSA) is 64.3 Å². The van der Waals surface area contributed by atoms with Crippen molar-refractivity contribution in [2.24, 2.45) is 5.73 Å². The zero-order valence-electron chi connectivity index (χ0n) is 10.3. The molecule has 1 aliphatic rings. The fraction of sp³-hybridized carbons (Fsp3) is 0.462. The molecule has 1 amide bonds. The lowest BCUT2D eigenvalue weighted by Gasteiger charge is -2.16. The Morgan fingerprint density at radius 1 is 1.61 bits per heavy atom. The van der Waals surface area contributed by atoms with Crippen molar-refractivity contribution < 1.29 is 13.9 Å². The van der Waals surface area contributed by atoms with E-state index in [1.54, 1.807) is 13.0 Å². The highest BCUT2D eigenvalue weighted by atomic mass is 19.1. The second-order valence-electron chi connectivity index (χ2n) is 4.62. The van der Waals surface area contributed by atoms with E-state index in [-0.39, 0.29) is 12.4 Å². The molecule has 4 nitrogen and oxygen atoms in total. The van der Waals surface area contributed by atoms with Crippen molar-refractivity contribution in [3.63, 3.8) is 0 Å². The van der Waals surface area contributed by atoms with Crippen molar-refractivity contribution >= 4 is 5.91 Å². The van der Waals surface area contributed by atoms with Crippen LogP contribution in [0, 0.1) is 12.7 Å². The Morgan fingerprint density at radius 2 is 2.33 bits per heavy atom. The maximum Gasteiger partial charge on any atom is 0.238 e. The number of carbonyl (C=O) groups is 1. The lowest BCUT2D eigenvalue weighted by atomic mass is 10.2. The highest BCUT2D eigenvalue weighted by molar-refractivity contribution is 5.80. The predicted octanol–water partition coefficient (Wildman–Crippen LogP) is 1.12. The Balaban J connectivity index is 1.91. The Morgan fingerprint density at radius 3 is 2.89 bits per heavy atom. The van der Waals surface area contributed by atoms with Gasteiger partial charge in [-0.25, -0.2) is 4.39 Å². The fourth-order valence-corrected chi connectivity index (χ4v) is 1.63. The maximum absolute atomic E-state index is 13.1. The second kappa shape index (κ2) is 5.35. The van der Waals surface area contributed by atoms with Crippen LogP contribution in [0.25, 0.3) is 0 Å². The van der Waals surface area contributed by atoms with Gasteiger partial charge < -0.3 is 15.8 Å². The van der Waals surface area contributed by atoms with Gasteiger partial charge in [-0.1, -0.05) is 0 Å². The number of benzene rings is 1. The third kappa shape index (κ3) is 3.43. The Hall–Kier alpha value is -1.62. The molecule has 0 radical (unpaired) electrons. The maximum atomic E-state index is 13.1. The Labute approximate surface area is 105 Å². The summed E-state index contributed by atoms with van der Waals surface area (Å²) >= 11 is 0. The van der Waals surface area contributed by atoms with Crippen LogP contribution in [0.3, 0.4) is 0 Å². The van der Waals surface area contributed by atoms with E-state index in [1.165, 1.54) is 12.1 Å². The quantitative estimate of drug-likeness (QED) is 0.797. The Kier molecular flexibility index (Phi) is 3.81. The largest absolute Gasteiger partial charge is 0.491 e. The highest BCUT2D eigenvalue weighted by Crippen LogP contribution is 2.20. The molecular formula is C13H17FN2O2. The third-order valence-corrected chi connectivity index (χ3v) is 2.90. The second-order valence-corrected chi connectivity index (χ2v) is 4.62. The number of primary amides is 1. The number of hydrogen-bond acceptors (Lipinski definition) is 3. The number of halogens is 1. The van der Waals surface area contributed by atoms with Gasteiger partial charge in [0.25, 0.3) is 0 Å². The summed E-state index contributed by atoms with van der Waals surface area (Å²) in [4.78, 5) is 11.2. The number of nitrogens with two attached hydrogens (primary N) is 1. The van der Waals surface area contributed by atoms with Crippen LogP contribution in [0.2, 0.25) is 0 Å². The van der Waals surface area contributed by atoms with E-state index in [0.29, 0.717) is 17.4 Å². The monoisotopic (exact) mass is 252 g/mol.